The summed E-state index contributed by atoms with van der Waals surface area (Å²) in [5.74, 6) is 1.61. The van der Waals surface area contributed by atoms with Crippen molar-refractivity contribution in [3.8, 4) is 0 Å². The van der Waals surface area contributed by atoms with Crippen molar-refractivity contribution in [2.24, 2.45) is 5.41 Å². The van der Waals surface area contributed by atoms with Crippen molar-refractivity contribution in [1.29, 1.82) is 0 Å². The van der Waals surface area contributed by atoms with E-state index in [9.17, 15) is 4.79 Å². The first-order valence-corrected chi connectivity index (χ1v) is 9.43. The molecule has 3 heterocycles. The highest BCUT2D eigenvalue weighted by Crippen LogP contribution is 2.41. The van der Waals surface area contributed by atoms with Crippen molar-refractivity contribution < 1.29 is 9.32 Å². The van der Waals surface area contributed by atoms with Crippen molar-refractivity contribution in [3.05, 3.63) is 46.6 Å². The quantitative estimate of drug-likeness (QED) is 0.823. The molecular weight excluding hydrogens is 352 g/mol. The van der Waals surface area contributed by atoms with E-state index < -0.39 is 0 Å². The summed E-state index contributed by atoms with van der Waals surface area (Å²) in [4.78, 5) is 21.2. The van der Waals surface area contributed by atoms with Crippen LogP contribution in [0, 0.1) is 12.3 Å². The molecule has 1 spiro atoms. The zero-order valence-corrected chi connectivity index (χ0v) is 15.7. The molecule has 138 valence electrons. The number of likely N-dealkylation sites (tertiary alicyclic amines) is 2. The minimum Gasteiger partial charge on any atom is -0.340 e. The molecule has 26 heavy (non-hydrogen) atoms. The standard InChI is InChI=1S/C19H23ClN4O2/c1-14-21-17(22-26-14)12-23-8-6-19(7-9-23)10-18(25)24(13-19)11-15-2-4-16(20)5-3-15/h2-5H,6-13H2,1H3. The highest BCUT2D eigenvalue weighted by atomic mass is 35.5. The number of amides is 1. The highest BCUT2D eigenvalue weighted by Gasteiger charge is 2.44. The lowest BCUT2D eigenvalue weighted by Gasteiger charge is -2.38. The number of halogens is 1. The minimum atomic E-state index is 0.118. The zero-order chi connectivity index (χ0) is 18.1. The Hall–Kier alpha value is -1.92. The molecule has 0 N–H and O–H groups in total. The number of benzene rings is 1. The SMILES string of the molecule is Cc1nc(CN2CCC3(CC2)CC(=O)N(Cc2ccc(Cl)cc2)C3)no1. The first-order valence-electron chi connectivity index (χ1n) is 9.05. The van der Waals surface area contributed by atoms with Crippen LogP contribution in [0.15, 0.2) is 28.8 Å². The van der Waals surface area contributed by atoms with E-state index in [0.717, 1.165) is 55.4 Å². The van der Waals surface area contributed by atoms with Gasteiger partial charge >= 0.3 is 0 Å². The lowest BCUT2D eigenvalue weighted by Crippen LogP contribution is -2.41. The third-order valence-electron chi connectivity index (χ3n) is 5.54. The third-order valence-corrected chi connectivity index (χ3v) is 5.80. The van der Waals surface area contributed by atoms with Crippen molar-refractivity contribution in [1.82, 2.24) is 19.9 Å². The van der Waals surface area contributed by atoms with Crippen molar-refractivity contribution in [3.63, 3.8) is 0 Å². The number of nitrogens with zero attached hydrogens (tertiary/aromatic N) is 4. The monoisotopic (exact) mass is 374 g/mol. The normalized spacial score (nSPS) is 20.2. The van der Waals surface area contributed by atoms with Gasteiger partial charge < -0.3 is 9.42 Å². The first kappa shape index (κ1) is 17.5. The summed E-state index contributed by atoms with van der Waals surface area (Å²) in [6, 6.07) is 7.75. The number of aryl methyl sites for hydroxylation is 1. The molecule has 1 aromatic heterocycles. The number of hydrogen-bond donors (Lipinski definition) is 0. The van der Waals surface area contributed by atoms with Crippen LogP contribution in [-0.4, -0.2) is 45.5 Å². The van der Waals surface area contributed by atoms with E-state index in [1.807, 2.05) is 29.2 Å². The maximum Gasteiger partial charge on any atom is 0.223 e. The predicted octanol–water partition coefficient (Wildman–Crippen LogP) is 3.05. The summed E-state index contributed by atoms with van der Waals surface area (Å²) in [6.45, 7) is 5.98. The lowest BCUT2D eigenvalue weighted by molar-refractivity contribution is -0.128. The molecule has 2 aliphatic heterocycles. The largest absolute Gasteiger partial charge is 0.340 e. The maximum absolute atomic E-state index is 12.5. The molecular formula is C19H23ClN4O2. The molecule has 0 aliphatic carbocycles. The average molecular weight is 375 g/mol. The third kappa shape index (κ3) is 3.76. The van der Waals surface area contributed by atoms with E-state index in [4.69, 9.17) is 16.1 Å². The maximum atomic E-state index is 12.5. The Morgan fingerprint density at radius 1 is 1.19 bits per heavy atom. The molecule has 6 nitrogen and oxygen atoms in total. The number of aromatic nitrogens is 2. The highest BCUT2D eigenvalue weighted by molar-refractivity contribution is 6.30. The fourth-order valence-electron chi connectivity index (χ4n) is 4.06. The first-order chi connectivity index (χ1) is 12.5. The minimum absolute atomic E-state index is 0.118. The van der Waals surface area contributed by atoms with E-state index in [1.54, 1.807) is 6.92 Å². The molecule has 2 aliphatic rings. The second-order valence-corrected chi connectivity index (χ2v) is 8.00. The van der Waals surface area contributed by atoms with Gasteiger partial charge in [0.05, 0.1) is 6.54 Å². The second kappa shape index (κ2) is 7.00. The van der Waals surface area contributed by atoms with Crippen LogP contribution in [0.4, 0.5) is 0 Å². The van der Waals surface area contributed by atoms with Crippen molar-refractivity contribution in [2.45, 2.75) is 39.3 Å². The van der Waals surface area contributed by atoms with Crippen LogP contribution in [-0.2, 0) is 17.9 Å². The van der Waals surface area contributed by atoms with Crippen molar-refractivity contribution in [2.75, 3.05) is 19.6 Å². The fourth-order valence-corrected chi connectivity index (χ4v) is 4.19. The molecule has 0 saturated carbocycles. The Morgan fingerprint density at radius 2 is 1.92 bits per heavy atom. The fraction of sp³-hybridized carbons (Fsp3) is 0.526. The molecule has 7 heteroatoms. The van der Waals surface area contributed by atoms with Gasteiger partial charge in [-0.05, 0) is 49.0 Å². The van der Waals surface area contributed by atoms with Gasteiger partial charge in [0, 0.05) is 31.5 Å². The van der Waals surface area contributed by atoms with Crippen LogP contribution in [0.1, 0.15) is 36.5 Å². The Kier molecular flexibility index (Phi) is 4.71. The van der Waals surface area contributed by atoms with Crippen molar-refractivity contribution >= 4 is 17.5 Å². The summed E-state index contributed by atoms with van der Waals surface area (Å²) in [7, 11) is 0. The van der Waals surface area contributed by atoms with Gasteiger partial charge in [-0.25, -0.2) is 0 Å². The van der Waals surface area contributed by atoms with Gasteiger partial charge in [-0.3, -0.25) is 9.69 Å². The van der Waals surface area contributed by atoms with Gasteiger partial charge in [0.15, 0.2) is 5.82 Å². The van der Waals surface area contributed by atoms with Crippen LogP contribution >= 0.6 is 11.6 Å². The summed E-state index contributed by atoms with van der Waals surface area (Å²) in [5.41, 5.74) is 1.25. The summed E-state index contributed by atoms with van der Waals surface area (Å²) >= 11 is 5.95. The molecule has 2 aromatic rings. The Morgan fingerprint density at radius 3 is 2.58 bits per heavy atom. The Balaban J connectivity index is 1.34. The molecule has 1 aromatic carbocycles. The molecule has 2 fully saturated rings. The van der Waals surface area contributed by atoms with Gasteiger partial charge in [-0.2, -0.15) is 4.98 Å². The van der Waals surface area contributed by atoms with Gasteiger partial charge in [0.2, 0.25) is 11.8 Å². The summed E-state index contributed by atoms with van der Waals surface area (Å²) in [5, 5.41) is 4.70. The number of carbonyl (C=O) groups excluding carboxylic acids is 1. The summed E-state index contributed by atoms with van der Waals surface area (Å²) < 4.78 is 5.04. The Labute approximate surface area is 158 Å². The van der Waals surface area contributed by atoms with E-state index in [2.05, 4.69) is 15.0 Å². The lowest BCUT2D eigenvalue weighted by atomic mass is 9.77. The van der Waals surface area contributed by atoms with Crippen LogP contribution in [0.25, 0.3) is 0 Å². The number of rotatable bonds is 4. The molecule has 0 atom stereocenters. The second-order valence-electron chi connectivity index (χ2n) is 7.56. The van der Waals surface area contributed by atoms with E-state index >= 15 is 0 Å². The van der Waals surface area contributed by atoms with Crippen LogP contribution in [0.5, 0.6) is 0 Å². The van der Waals surface area contributed by atoms with E-state index in [-0.39, 0.29) is 11.3 Å². The van der Waals surface area contributed by atoms with E-state index in [1.165, 1.54) is 0 Å². The van der Waals surface area contributed by atoms with Crippen LogP contribution in [0.3, 0.4) is 0 Å². The molecule has 0 unspecified atom stereocenters. The molecule has 1 amide bonds. The molecule has 2 saturated heterocycles. The van der Waals surface area contributed by atoms with Gasteiger partial charge in [-0.15, -0.1) is 0 Å². The number of piperidine rings is 1. The van der Waals surface area contributed by atoms with Crippen LogP contribution < -0.4 is 0 Å². The predicted molar refractivity (Wildman–Crippen MR) is 97.5 cm³/mol. The zero-order valence-electron chi connectivity index (χ0n) is 14.9. The molecule has 0 bridgehead atoms. The number of carbonyl (C=O) groups is 1. The van der Waals surface area contributed by atoms with Gasteiger partial charge in [0.25, 0.3) is 0 Å². The topological polar surface area (TPSA) is 62.5 Å². The average Bonchev–Trinajstić information content (AvgIpc) is 3.16. The number of hydrogen-bond acceptors (Lipinski definition) is 5. The van der Waals surface area contributed by atoms with Crippen LogP contribution in [0.2, 0.25) is 5.02 Å². The van der Waals surface area contributed by atoms with E-state index in [0.29, 0.717) is 18.9 Å². The van der Waals surface area contributed by atoms with Gasteiger partial charge in [0.1, 0.15) is 0 Å². The molecule has 0 radical (unpaired) electrons. The van der Waals surface area contributed by atoms with Gasteiger partial charge in [-0.1, -0.05) is 28.9 Å². The molecule has 4 rings (SSSR count). The smallest absolute Gasteiger partial charge is 0.223 e. The summed E-state index contributed by atoms with van der Waals surface area (Å²) in [6.07, 6.45) is 2.73. The Bertz CT molecular complexity index is 781.